The van der Waals surface area contributed by atoms with Gasteiger partial charge in [-0.1, -0.05) is 51.1 Å². The minimum Gasteiger partial charge on any atom is -0.365 e. The zero-order chi connectivity index (χ0) is 24.8. The third-order valence-electron chi connectivity index (χ3n) is 7.61. The van der Waals surface area contributed by atoms with Crippen molar-refractivity contribution in [3.05, 3.63) is 71.9 Å². The molecule has 3 aromatic rings. The Balaban J connectivity index is 1.61. The number of aromatic nitrogens is 1. The summed E-state index contributed by atoms with van der Waals surface area (Å²) >= 11 is 0. The van der Waals surface area contributed by atoms with Crippen molar-refractivity contribution in [2.45, 2.75) is 64.8 Å². The van der Waals surface area contributed by atoms with Crippen molar-refractivity contribution < 1.29 is 9.53 Å². The van der Waals surface area contributed by atoms with Crippen molar-refractivity contribution in [3.8, 4) is 0 Å². The topological polar surface area (TPSA) is 60.6 Å². The second kappa shape index (κ2) is 11.8. The lowest BCUT2D eigenvalue weighted by molar-refractivity contribution is -0.135. The fraction of sp³-hybridized carbons (Fsp3) is 0.483. The Bertz CT molecular complexity index is 1080. The average molecular weight is 477 g/mol. The Labute approximate surface area is 209 Å². The maximum Gasteiger partial charge on any atom is 0.265 e. The van der Waals surface area contributed by atoms with Crippen LogP contribution in [0.5, 0.6) is 0 Å². The zero-order valence-electron chi connectivity index (χ0n) is 21.5. The number of nitrogens with one attached hydrogen (secondary N) is 2. The summed E-state index contributed by atoms with van der Waals surface area (Å²) in [5, 5.41) is 3.16. The second-order valence-corrected chi connectivity index (χ2v) is 9.61. The van der Waals surface area contributed by atoms with Crippen LogP contribution in [0.2, 0.25) is 0 Å². The number of carbonyl (C=O) groups excluding carboxylic acids is 1. The molecule has 4 unspecified atom stereocenters. The highest BCUT2D eigenvalue weighted by Gasteiger charge is 2.41. The second-order valence-electron chi connectivity index (χ2n) is 9.61. The molecule has 1 amide bonds. The van der Waals surface area contributed by atoms with E-state index in [1.165, 1.54) is 5.56 Å². The first kappa shape index (κ1) is 25.4. The van der Waals surface area contributed by atoms with Gasteiger partial charge in [-0.3, -0.25) is 15.1 Å². The van der Waals surface area contributed by atoms with Crippen LogP contribution in [0.4, 0.5) is 0 Å². The van der Waals surface area contributed by atoms with Crippen LogP contribution in [0.1, 0.15) is 56.0 Å². The van der Waals surface area contributed by atoms with Crippen LogP contribution in [-0.2, 0) is 11.2 Å². The van der Waals surface area contributed by atoms with Crippen LogP contribution in [0.25, 0.3) is 10.9 Å². The molecule has 0 saturated carbocycles. The Hall–Kier alpha value is -2.67. The van der Waals surface area contributed by atoms with Crippen molar-refractivity contribution in [1.82, 2.24) is 20.3 Å². The number of ether oxygens (including phenoxy) is 1. The molecule has 6 nitrogen and oxygen atoms in total. The van der Waals surface area contributed by atoms with Gasteiger partial charge in [-0.15, -0.1) is 0 Å². The van der Waals surface area contributed by atoms with Crippen molar-refractivity contribution in [2.75, 3.05) is 20.2 Å². The van der Waals surface area contributed by atoms with E-state index in [1.54, 1.807) is 7.11 Å². The van der Waals surface area contributed by atoms with Crippen molar-refractivity contribution in [1.29, 1.82) is 0 Å². The SMILES string of the molecule is CCC(C1CC(Cc2ccccc2)CC(OC)N1NC(=O)c1ccc2[nH]ccc2c1)N(CC)CC. The van der Waals surface area contributed by atoms with Crippen molar-refractivity contribution in [2.24, 2.45) is 5.92 Å². The monoisotopic (exact) mass is 476 g/mol. The number of benzene rings is 2. The van der Waals surface area contributed by atoms with E-state index in [1.807, 2.05) is 30.5 Å². The van der Waals surface area contributed by atoms with Crippen LogP contribution in [0.15, 0.2) is 60.8 Å². The number of carbonyl (C=O) groups is 1. The summed E-state index contributed by atoms with van der Waals surface area (Å²) in [7, 11) is 1.76. The van der Waals surface area contributed by atoms with Crippen LogP contribution >= 0.6 is 0 Å². The Morgan fingerprint density at radius 3 is 2.57 bits per heavy atom. The molecule has 0 radical (unpaired) electrons. The number of hydrazine groups is 1. The lowest BCUT2D eigenvalue weighted by Crippen LogP contribution is -2.64. The summed E-state index contributed by atoms with van der Waals surface area (Å²) < 4.78 is 6.03. The molecule has 1 saturated heterocycles. The summed E-state index contributed by atoms with van der Waals surface area (Å²) in [5.41, 5.74) is 6.33. The van der Waals surface area contributed by atoms with Crippen molar-refractivity contribution >= 4 is 16.8 Å². The van der Waals surface area contributed by atoms with Gasteiger partial charge in [0.05, 0.1) is 0 Å². The Kier molecular flexibility index (Phi) is 8.60. The molecular weight excluding hydrogens is 436 g/mol. The van der Waals surface area contributed by atoms with Gasteiger partial charge >= 0.3 is 0 Å². The van der Waals surface area contributed by atoms with E-state index in [2.05, 4.69) is 71.4 Å². The van der Waals surface area contributed by atoms with Gasteiger partial charge in [-0.25, -0.2) is 0 Å². The van der Waals surface area contributed by atoms with Gasteiger partial charge in [0.15, 0.2) is 0 Å². The largest absolute Gasteiger partial charge is 0.365 e. The van der Waals surface area contributed by atoms with Gasteiger partial charge < -0.3 is 9.72 Å². The van der Waals surface area contributed by atoms with E-state index in [-0.39, 0.29) is 18.2 Å². The number of fused-ring (bicyclic) bond motifs is 1. The predicted molar refractivity (Wildman–Crippen MR) is 142 cm³/mol. The Morgan fingerprint density at radius 1 is 1.11 bits per heavy atom. The quantitative estimate of drug-likeness (QED) is 0.421. The summed E-state index contributed by atoms with van der Waals surface area (Å²) in [4.78, 5) is 19.2. The third kappa shape index (κ3) is 5.77. The minimum absolute atomic E-state index is 0.0870. The normalized spacial score (nSPS) is 21.9. The number of H-pyrrole nitrogens is 1. The van der Waals surface area contributed by atoms with E-state index in [9.17, 15) is 4.79 Å². The van der Waals surface area contributed by atoms with Gasteiger partial charge in [0.1, 0.15) is 6.23 Å². The number of nitrogens with zero attached hydrogens (tertiary/aromatic N) is 2. The number of aromatic amines is 1. The molecule has 0 aliphatic carbocycles. The molecule has 4 rings (SSSR count). The number of piperidine rings is 1. The lowest BCUT2D eigenvalue weighted by Gasteiger charge is -2.49. The molecule has 2 N–H and O–H groups in total. The molecule has 4 atom stereocenters. The molecule has 35 heavy (non-hydrogen) atoms. The molecule has 188 valence electrons. The number of methoxy groups -OCH3 is 1. The van der Waals surface area contributed by atoms with Gasteiger partial charge in [-0.05, 0) is 74.5 Å². The predicted octanol–water partition coefficient (Wildman–Crippen LogP) is 5.23. The van der Waals surface area contributed by atoms with Gasteiger partial charge in [0.2, 0.25) is 0 Å². The first-order valence-electron chi connectivity index (χ1n) is 13.0. The maximum atomic E-state index is 13.4. The number of hydrogen-bond donors (Lipinski definition) is 2. The highest BCUT2D eigenvalue weighted by Crippen LogP contribution is 2.33. The molecule has 2 aromatic carbocycles. The molecular formula is C29H40N4O2. The van der Waals surface area contributed by atoms with Gasteiger partial charge in [0.25, 0.3) is 5.91 Å². The van der Waals surface area contributed by atoms with E-state index >= 15 is 0 Å². The Morgan fingerprint density at radius 2 is 1.89 bits per heavy atom. The van der Waals surface area contributed by atoms with Crippen LogP contribution < -0.4 is 5.43 Å². The fourth-order valence-corrected chi connectivity index (χ4v) is 5.83. The minimum atomic E-state index is -0.174. The first-order chi connectivity index (χ1) is 17.1. The number of hydrogen-bond acceptors (Lipinski definition) is 4. The molecule has 1 aromatic heterocycles. The fourth-order valence-electron chi connectivity index (χ4n) is 5.83. The van der Waals surface area contributed by atoms with Crippen LogP contribution in [0, 0.1) is 5.92 Å². The van der Waals surface area contributed by atoms with E-state index in [0.29, 0.717) is 17.5 Å². The number of rotatable bonds is 10. The summed E-state index contributed by atoms with van der Waals surface area (Å²) in [6.45, 7) is 8.67. The van der Waals surface area contributed by atoms with E-state index in [4.69, 9.17) is 4.74 Å². The zero-order valence-corrected chi connectivity index (χ0v) is 21.5. The molecule has 1 aliphatic rings. The first-order valence-corrected chi connectivity index (χ1v) is 13.0. The highest BCUT2D eigenvalue weighted by molar-refractivity contribution is 5.97. The van der Waals surface area contributed by atoms with E-state index in [0.717, 1.165) is 49.7 Å². The highest BCUT2D eigenvalue weighted by atomic mass is 16.5. The van der Waals surface area contributed by atoms with Crippen LogP contribution in [0.3, 0.4) is 0 Å². The van der Waals surface area contributed by atoms with Crippen molar-refractivity contribution in [3.63, 3.8) is 0 Å². The van der Waals surface area contributed by atoms with E-state index < -0.39 is 0 Å². The molecule has 1 aliphatic heterocycles. The molecule has 0 bridgehead atoms. The summed E-state index contributed by atoms with van der Waals surface area (Å²) in [5.74, 6) is 0.400. The standard InChI is InChI=1S/C29H40N4O2/c1-5-26(32(6-2)7-3)27-18-22(17-21-11-9-8-10-12-21)19-28(35-4)33(27)31-29(34)24-13-14-25-23(20-24)15-16-30-25/h8-16,20,22,26-28,30H,5-7,17-19H2,1-4H3,(H,31,34). The summed E-state index contributed by atoms with van der Waals surface area (Å²) in [6.07, 6.45) is 5.66. The smallest absolute Gasteiger partial charge is 0.265 e. The molecule has 6 heteroatoms. The molecule has 1 fully saturated rings. The van der Waals surface area contributed by atoms with Crippen LogP contribution in [-0.4, -0.2) is 59.3 Å². The third-order valence-corrected chi connectivity index (χ3v) is 7.61. The van der Waals surface area contributed by atoms with Gasteiger partial charge in [-0.2, -0.15) is 5.01 Å². The maximum absolute atomic E-state index is 13.4. The van der Waals surface area contributed by atoms with Gasteiger partial charge in [0, 0.05) is 41.9 Å². The molecule has 0 spiro atoms. The number of likely N-dealkylation sites (N-methyl/N-ethyl adjacent to an activating group) is 1. The lowest BCUT2D eigenvalue weighted by atomic mass is 9.82. The number of amides is 1. The molecule has 2 heterocycles. The summed E-state index contributed by atoms with van der Waals surface area (Å²) in [6, 6.07) is 19.0. The average Bonchev–Trinajstić information content (AvgIpc) is 3.36.